The van der Waals surface area contributed by atoms with Crippen LogP contribution in [0, 0.1) is 0 Å². The van der Waals surface area contributed by atoms with Gasteiger partial charge in [0.25, 0.3) is 0 Å². The van der Waals surface area contributed by atoms with E-state index in [0.717, 1.165) is 10.2 Å². The summed E-state index contributed by atoms with van der Waals surface area (Å²) in [5, 5.41) is 2.33. The molecule has 0 aromatic carbocycles. The molecule has 0 aliphatic carbocycles. The number of hydrogen-bond donors (Lipinski definition) is 1. The first kappa shape index (κ1) is 6.49. The Morgan fingerprint density at radius 2 is 2.57 bits per heavy atom. The van der Waals surface area contributed by atoms with Gasteiger partial charge in [-0.15, -0.1) is 0 Å². The molecule has 0 aliphatic heterocycles. The van der Waals surface area contributed by atoms with Crippen LogP contribution in [0.25, 0.3) is 0 Å². The van der Waals surface area contributed by atoms with E-state index in [1.165, 1.54) is 0 Å². The Morgan fingerprint density at radius 1 is 2.00 bits per heavy atom. The summed E-state index contributed by atoms with van der Waals surface area (Å²) in [5.41, 5.74) is 0. The van der Waals surface area contributed by atoms with Crippen molar-refractivity contribution < 1.29 is 9.53 Å². The summed E-state index contributed by atoms with van der Waals surface area (Å²) in [6, 6.07) is 0. The fourth-order valence-electron chi connectivity index (χ4n) is 0.203. The molecule has 0 spiro atoms. The molecule has 0 rings (SSSR count). The molecule has 0 saturated heterocycles. The number of nitrogens with one attached hydrogen (secondary N) is 1. The fourth-order valence-corrected chi connectivity index (χ4v) is 0.465. The average molecular weight is 119 g/mol. The summed E-state index contributed by atoms with van der Waals surface area (Å²) < 4.78 is 4.50. The SMILES string of the molecule is CNC(=O)OC[SiH3]. The molecule has 0 aromatic rings. The molecule has 0 unspecified atom stereocenters. The Kier molecular flexibility index (Phi) is 3.40. The van der Waals surface area contributed by atoms with Gasteiger partial charge in [-0.2, -0.15) is 0 Å². The maximum absolute atomic E-state index is 10.1. The highest BCUT2D eigenvalue weighted by atomic mass is 28.1. The first-order valence-electron chi connectivity index (χ1n) is 2.15. The number of alkyl carbamates (subject to hydrolysis) is 1. The molecule has 0 heterocycles. The van der Waals surface area contributed by atoms with Crippen LogP contribution in [0.1, 0.15) is 0 Å². The van der Waals surface area contributed by atoms with E-state index in [9.17, 15) is 4.79 Å². The topological polar surface area (TPSA) is 38.3 Å². The van der Waals surface area contributed by atoms with Crippen LogP contribution in [0.4, 0.5) is 4.79 Å². The Bertz CT molecular complexity index is 66.0. The van der Waals surface area contributed by atoms with Crippen molar-refractivity contribution in [3.8, 4) is 0 Å². The van der Waals surface area contributed by atoms with Crippen molar-refractivity contribution in [2.24, 2.45) is 0 Å². The Hall–Kier alpha value is -0.513. The molecule has 0 radical (unpaired) electrons. The van der Waals surface area contributed by atoms with Gasteiger partial charge < -0.3 is 10.1 Å². The zero-order chi connectivity index (χ0) is 5.70. The highest BCUT2D eigenvalue weighted by molar-refractivity contribution is 6.08. The standard InChI is InChI=1S/C3H9NO2Si/c1-4-3(5)6-2-7/h2H2,1,7H3,(H,4,5). The summed E-state index contributed by atoms with van der Waals surface area (Å²) in [4.78, 5) is 10.1. The van der Waals surface area contributed by atoms with E-state index < -0.39 is 0 Å². The zero-order valence-corrected chi connectivity index (χ0v) is 6.52. The lowest BCUT2D eigenvalue weighted by atomic mass is 11.1. The van der Waals surface area contributed by atoms with E-state index in [1.807, 2.05) is 0 Å². The van der Waals surface area contributed by atoms with E-state index >= 15 is 0 Å². The molecule has 1 amide bonds. The molecular formula is C3H9NO2Si. The number of rotatable bonds is 1. The van der Waals surface area contributed by atoms with Gasteiger partial charge in [-0.05, 0) is 0 Å². The third-order valence-electron chi connectivity index (χ3n) is 0.480. The molecule has 0 aromatic heterocycles. The molecule has 0 saturated carbocycles. The Labute approximate surface area is 45.5 Å². The van der Waals surface area contributed by atoms with Crippen LogP contribution in [0.5, 0.6) is 0 Å². The summed E-state index contributed by atoms with van der Waals surface area (Å²) in [6.45, 7) is 0. The minimum absolute atomic E-state index is 0.338. The number of hydrogen-bond acceptors (Lipinski definition) is 2. The molecule has 0 fully saturated rings. The highest BCUT2D eigenvalue weighted by Crippen LogP contribution is 1.67. The summed E-state index contributed by atoms with van der Waals surface area (Å²) in [6.07, 6.45) is 0.231. The lowest BCUT2D eigenvalue weighted by Crippen LogP contribution is -2.19. The number of ether oxygens (including phenoxy) is 1. The van der Waals surface area contributed by atoms with Gasteiger partial charge in [0.2, 0.25) is 0 Å². The molecule has 42 valence electrons. The first-order valence-corrected chi connectivity index (χ1v) is 3.57. The number of carbonyl (C=O) groups is 1. The van der Waals surface area contributed by atoms with Crippen molar-refractivity contribution in [3.63, 3.8) is 0 Å². The van der Waals surface area contributed by atoms with E-state index in [-0.39, 0.29) is 6.09 Å². The van der Waals surface area contributed by atoms with Crippen LogP contribution in [0.3, 0.4) is 0 Å². The van der Waals surface area contributed by atoms with Crippen molar-refractivity contribution in [2.75, 3.05) is 13.3 Å². The van der Waals surface area contributed by atoms with Gasteiger partial charge in [0.05, 0.1) is 16.5 Å². The second-order valence-corrected chi connectivity index (χ2v) is 1.55. The maximum Gasteiger partial charge on any atom is 0.406 e. The number of carbonyl (C=O) groups excluding carboxylic acids is 1. The summed E-state index contributed by atoms with van der Waals surface area (Å²) >= 11 is 0. The van der Waals surface area contributed by atoms with Crippen molar-refractivity contribution in [3.05, 3.63) is 0 Å². The molecule has 7 heavy (non-hydrogen) atoms. The monoisotopic (exact) mass is 119 g/mol. The van der Waals surface area contributed by atoms with E-state index in [1.54, 1.807) is 7.05 Å². The molecule has 3 nitrogen and oxygen atoms in total. The van der Waals surface area contributed by atoms with Gasteiger partial charge in [-0.25, -0.2) is 4.79 Å². The minimum Gasteiger partial charge on any atom is -0.454 e. The average Bonchev–Trinajstić information content (AvgIpc) is 1.68. The second kappa shape index (κ2) is 3.67. The fraction of sp³-hybridized carbons (Fsp3) is 0.667. The quantitative estimate of drug-likeness (QED) is 0.434. The van der Waals surface area contributed by atoms with Gasteiger partial charge in [-0.3, -0.25) is 0 Å². The number of amides is 1. The van der Waals surface area contributed by atoms with Crippen molar-refractivity contribution >= 4 is 16.3 Å². The predicted octanol–water partition coefficient (Wildman–Crippen LogP) is -1.33. The van der Waals surface area contributed by atoms with Crippen LogP contribution in [0.15, 0.2) is 0 Å². The van der Waals surface area contributed by atoms with Crippen LogP contribution >= 0.6 is 0 Å². The lowest BCUT2D eigenvalue weighted by Gasteiger charge is -1.95. The van der Waals surface area contributed by atoms with Gasteiger partial charge in [-0.1, -0.05) is 0 Å². The van der Waals surface area contributed by atoms with E-state index in [2.05, 4.69) is 10.1 Å². The van der Waals surface area contributed by atoms with Gasteiger partial charge in [0.15, 0.2) is 0 Å². The minimum atomic E-state index is -0.338. The molecule has 1 N–H and O–H groups in total. The Morgan fingerprint density at radius 3 is 2.71 bits per heavy atom. The highest BCUT2D eigenvalue weighted by Gasteiger charge is 1.89. The van der Waals surface area contributed by atoms with Crippen LogP contribution < -0.4 is 5.32 Å². The van der Waals surface area contributed by atoms with E-state index in [4.69, 9.17) is 0 Å². The second-order valence-electron chi connectivity index (χ2n) is 0.970. The molecular weight excluding hydrogens is 110 g/mol. The largest absolute Gasteiger partial charge is 0.454 e. The smallest absolute Gasteiger partial charge is 0.406 e. The normalized spacial score (nSPS) is 8.14. The molecule has 4 heteroatoms. The molecule has 0 aliphatic rings. The molecule has 0 bridgehead atoms. The Balaban J connectivity index is 3.00. The van der Waals surface area contributed by atoms with Crippen LogP contribution in [0.2, 0.25) is 0 Å². The summed E-state index contributed by atoms with van der Waals surface area (Å²) in [5.74, 6) is 0. The van der Waals surface area contributed by atoms with Gasteiger partial charge in [0, 0.05) is 7.05 Å². The van der Waals surface area contributed by atoms with Gasteiger partial charge >= 0.3 is 6.09 Å². The third-order valence-corrected chi connectivity index (χ3v) is 0.768. The molecule has 0 atom stereocenters. The zero-order valence-electron chi connectivity index (χ0n) is 4.52. The van der Waals surface area contributed by atoms with E-state index in [0.29, 0.717) is 6.23 Å². The third kappa shape index (κ3) is 3.31. The van der Waals surface area contributed by atoms with Crippen molar-refractivity contribution in [1.82, 2.24) is 5.32 Å². The first-order chi connectivity index (χ1) is 3.31. The predicted molar refractivity (Wildman–Crippen MR) is 30.3 cm³/mol. The maximum atomic E-state index is 10.1. The van der Waals surface area contributed by atoms with Crippen molar-refractivity contribution in [1.29, 1.82) is 0 Å². The summed E-state index contributed by atoms with van der Waals surface area (Å²) in [7, 11) is 2.45. The van der Waals surface area contributed by atoms with Crippen LogP contribution in [-0.4, -0.2) is 29.6 Å². The lowest BCUT2D eigenvalue weighted by molar-refractivity contribution is 0.167. The van der Waals surface area contributed by atoms with Gasteiger partial charge in [0.1, 0.15) is 0 Å². The van der Waals surface area contributed by atoms with Crippen molar-refractivity contribution in [2.45, 2.75) is 0 Å². The van der Waals surface area contributed by atoms with Crippen LogP contribution in [-0.2, 0) is 4.74 Å².